The van der Waals surface area contributed by atoms with E-state index in [0.29, 0.717) is 12.3 Å². The van der Waals surface area contributed by atoms with Crippen molar-refractivity contribution in [3.8, 4) is 11.3 Å². The standard InChI is InChI=1S/C17H16N6S/c1-11-15(21-12(2)24-11)9-18-16-8-14(13-6-4-3-5-7-13)22-17-19-10-20-23(16)17/h3-8,10,18H,9H2,1-2H3. The molecule has 0 saturated carbocycles. The normalized spacial score (nSPS) is 11.1. The fourth-order valence-electron chi connectivity index (χ4n) is 2.61. The highest BCUT2D eigenvalue weighted by Gasteiger charge is 2.10. The van der Waals surface area contributed by atoms with E-state index in [-0.39, 0.29) is 0 Å². The number of aromatic nitrogens is 5. The van der Waals surface area contributed by atoms with Crippen molar-refractivity contribution in [3.63, 3.8) is 0 Å². The molecule has 0 aliphatic heterocycles. The Morgan fingerprint density at radius 2 is 1.96 bits per heavy atom. The number of rotatable bonds is 4. The van der Waals surface area contributed by atoms with Crippen molar-refractivity contribution in [1.82, 2.24) is 24.6 Å². The van der Waals surface area contributed by atoms with Gasteiger partial charge in [-0.2, -0.15) is 14.6 Å². The van der Waals surface area contributed by atoms with E-state index in [2.05, 4.69) is 32.3 Å². The molecule has 0 saturated heterocycles. The molecule has 0 radical (unpaired) electrons. The van der Waals surface area contributed by atoms with Gasteiger partial charge >= 0.3 is 0 Å². The van der Waals surface area contributed by atoms with Gasteiger partial charge in [-0.15, -0.1) is 11.3 Å². The minimum absolute atomic E-state index is 0.574. The van der Waals surface area contributed by atoms with Crippen LogP contribution in [-0.2, 0) is 6.54 Å². The Labute approximate surface area is 143 Å². The molecule has 3 aromatic heterocycles. The molecule has 1 N–H and O–H groups in total. The Balaban J connectivity index is 1.71. The number of nitrogens with zero attached hydrogens (tertiary/aromatic N) is 5. The highest BCUT2D eigenvalue weighted by molar-refractivity contribution is 7.11. The maximum Gasteiger partial charge on any atom is 0.254 e. The lowest BCUT2D eigenvalue weighted by Crippen LogP contribution is -2.07. The zero-order chi connectivity index (χ0) is 16.5. The van der Waals surface area contributed by atoms with Crippen LogP contribution in [0.15, 0.2) is 42.7 Å². The average molecular weight is 336 g/mol. The van der Waals surface area contributed by atoms with Crippen LogP contribution >= 0.6 is 11.3 Å². The number of anilines is 1. The number of nitrogens with one attached hydrogen (secondary N) is 1. The molecule has 0 spiro atoms. The van der Waals surface area contributed by atoms with Crippen LogP contribution in [0.4, 0.5) is 5.82 Å². The fraction of sp³-hybridized carbons (Fsp3) is 0.176. The van der Waals surface area contributed by atoms with Crippen LogP contribution < -0.4 is 5.32 Å². The molecule has 120 valence electrons. The van der Waals surface area contributed by atoms with Crippen LogP contribution in [-0.4, -0.2) is 24.6 Å². The molecule has 4 aromatic rings. The Hall–Kier alpha value is -2.80. The fourth-order valence-corrected chi connectivity index (χ4v) is 3.44. The van der Waals surface area contributed by atoms with Crippen LogP contribution in [0.1, 0.15) is 15.6 Å². The molecular formula is C17H16N6S. The second kappa shape index (κ2) is 6.01. The van der Waals surface area contributed by atoms with Crippen LogP contribution in [0, 0.1) is 13.8 Å². The highest BCUT2D eigenvalue weighted by Crippen LogP contribution is 2.22. The zero-order valence-electron chi connectivity index (χ0n) is 13.4. The molecule has 1 aromatic carbocycles. The summed E-state index contributed by atoms with van der Waals surface area (Å²) in [5.74, 6) is 1.42. The number of hydrogen-bond acceptors (Lipinski definition) is 6. The summed E-state index contributed by atoms with van der Waals surface area (Å²) < 4.78 is 1.71. The van der Waals surface area contributed by atoms with E-state index in [9.17, 15) is 0 Å². The predicted octanol–water partition coefficient (Wildman–Crippen LogP) is 3.48. The van der Waals surface area contributed by atoms with Crippen molar-refractivity contribution in [2.45, 2.75) is 20.4 Å². The number of thiazole rings is 1. The van der Waals surface area contributed by atoms with Gasteiger partial charge in [0.15, 0.2) is 0 Å². The lowest BCUT2D eigenvalue weighted by atomic mass is 10.1. The van der Waals surface area contributed by atoms with Gasteiger partial charge in [0, 0.05) is 16.5 Å². The Morgan fingerprint density at radius 3 is 2.71 bits per heavy atom. The lowest BCUT2D eigenvalue weighted by Gasteiger charge is -2.09. The summed E-state index contributed by atoms with van der Waals surface area (Å²) in [6, 6.07) is 12.1. The van der Waals surface area contributed by atoms with E-state index >= 15 is 0 Å². The topological polar surface area (TPSA) is 68.0 Å². The smallest absolute Gasteiger partial charge is 0.254 e. The Bertz CT molecular complexity index is 989. The highest BCUT2D eigenvalue weighted by atomic mass is 32.1. The third-order valence-corrected chi connectivity index (χ3v) is 4.69. The van der Waals surface area contributed by atoms with Crippen molar-refractivity contribution in [2.24, 2.45) is 0 Å². The molecular weight excluding hydrogens is 320 g/mol. The molecule has 4 rings (SSSR count). The molecule has 0 unspecified atom stereocenters. The number of benzene rings is 1. The monoisotopic (exact) mass is 336 g/mol. The van der Waals surface area contributed by atoms with Crippen LogP contribution in [0.5, 0.6) is 0 Å². The third-order valence-electron chi connectivity index (χ3n) is 3.76. The molecule has 0 aliphatic rings. The van der Waals surface area contributed by atoms with Crippen molar-refractivity contribution in [3.05, 3.63) is 58.3 Å². The Morgan fingerprint density at radius 1 is 1.12 bits per heavy atom. The first-order chi connectivity index (χ1) is 11.7. The van der Waals surface area contributed by atoms with Gasteiger partial charge in [-0.3, -0.25) is 0 Å². The first-order valence-corrected chi connectivity index (χ1v) is 8.45. The van der Waals surface area contributed by atoms with E-state index in [1.807, 2.05) is 43.3 Å². The van der Waals surface area contributed by atoms with Gasteiger partial charge in [0.1, 0.15) is 12.1 Å². The van der Waals surface area contributed by atoms with E-state index in [1.165, 1.54) is 11.2 Å². The van der Waals surface area contributed by atoms with Crippen molar-refractivity contribution < 1.29 is 0 Å². The molecule has 24 heavy (non-hydrogen) atoms. The molecule has 3 heterocycles. The lowest BCUT2D eigenvalue weighted by molar-refractivity contribution is 0.917. The van der Waals surface area contributed by atoms with Gasteiger partial charge in [-0.25, -0.2) is 9.97 Å². The zero-order valence-corrected chi connectivity index (χ0v) is 14.2. The van der Waals surface area contributed by atoms with Gasteiger partial charge < -0.3 is 5.32 Å². The molecule has 6 nitrogen and oxygen atoms in total. The second-order valence-electron chi connectivity index (χ2n) is 5.45. The first kappa shape index (κ1) is 14.8. The molecule has 7 heteroatoms. The summed E-state index contributed by atoms with van der Waals surface area (Å²) in [6.07, 6.45) is 1.51. The minimum atomic E-state index is 0.574. The van der Waals surface area contributed by atoms with Crippen molar-refractivity contribution >= 4 is 22.9 Å². The van der Waals surface area contributed by atoms with Crippen LogP contribution in [0.2, 0.25) is 0 Å². The second-order valence-corrected chi connectivity index (χ2v) is 6.86. The molecule has 0 atom stereocenters. The van der Waals surface area contributed by atoms with E-state index in [4.69, 9.17) is 0 Å². The maximum atomic E-state index is 4.58. The van der Waals surface area contributed by atoms with Gasteiger partial charge in [-0.05, 0) is 13.8 Å². The summed E-state index contributed by atoms with van der Waals surface area (Å²) in [7, 11) is 0. The van der Waals surface area contributed by atoms with Gasteiger partial charge in [0.05, 0.1) is 22.9 Å². The van der Waals surface area contributed by atoms with Crippen LogP contribution in [0.3, 0.4) is 0 Å². The molecule has 0 bridgehead atoms. The average Bonchev–Trinajstić information content (AvgIpc) is 3.19. The van der Waals surface area contributed by atoms with Gasteiger partial charge in [-0.1, -0.05) is 30.3 Å². The summed E-state index contributed by atoms with van der Waals surface area (Å²) in [4.78, 5) is 14.6. The van der Waals surface area contributed by atoms with Crippen molar-refractivity contribution in [1.29, 1.82) is 0 Å². The quantitative estimate of drug-likeness (QED) is 0.618. The van der Waals surface area contributed by atoms with E-state index < -0.39 is 0 Å². The van der Waals surface area contributed by atoms with Gasteiger partial charge in [0.25, 0.3) is 5.78 Å². The number of hydrogen-bond donors (Lipinski definition) is 1. The minimum Gasteiger partial charge on any atom is -0.364 e. The summed E-state index contributed by atoms with van der Waals surface area (Å²) in [6.45, 7) is 4.76. The summed E-state index contributed by atoms with van der Waals surface area (Å²) in [5.41, 5.74) is 2.97. The number of fused-ring (bicyclic) bond motifs is 1. The van der Waals surface area contributed by atoms with Crippen molar-refractivity contribution in [2.75, 3.05) is 5.32 Å². The van der Waals surface area contributed by atoms with E-state index in [1.54, 1.807) is 15.9 Å². The number of aryl methyl sites for hydroxylation is 2. The molecule has 0 fully saturated rings. The summed E-state index contributed by atoms with van der Waals surface area (Å²) >= 11 is 1.71. The predicted molar refractivity (Wildman–Crippen MR) is 95.1 cm³/mol. The first-order valence-electron chi connectivity index (χ1n) is 7.64. The van der Waals surface area contributed by atoms with E-state index in [0.717, 1.165) is 27.8 Å². The largest absolute Gasteiger partial charge is 0.364 e. The molecule has 0 amide bonds. The van der Waals surface area contributed by atoms with Crippen LogP contribution in [0.25, 0.3) is 17.0 Å². The third kappa shape index (κ3) is 2.74. The summed E-state index contributed by atoms with van der Waals surface area (Å²) in [5, 5.41) is 8.75. The van der Waals surface area contributed by atoms with Gasteiger partial charge in [0.2, 0.25) is 0 Å². The maximum absolute atomic E-state index is 4.58. The SMILES string of the molecule is Cc1nc(CNc2cc(-c3ccccc3)nc3ncnn23)c(C)s1. The Kier molecular flexibility index (Phi) is 3.70. The molecule has 0 aliphatic carbocycles.